The molecule has 1 saturated heterocycles. The van der Waals surface area contributed by atoms with Crippen LogP contribution in [0.3, 0.4) is 0 Å². The predicted octanol–water partition coefficient (Wildman–Crippen LogP) is 1.84. The SMILES string of the molecule is CN1CCC(c2nc(CCCN)cs2)CC1. The number of aryl methyl sites for hydroxylation is 1. The molecule has 0 atom stereocenters. The minimum atomic E-state index is 0.702. The summed E-state index contributed by atoms with van der Waals surface area (Å²) in [4.78, 5) is 7.14. The molecular formula is C12H21N3S. The molecule has 0 spiro atoms. The predicted molar refractivity (Wildman–Crippen MR) is 69.0 cm³/mol. The second-order valence-electron chi connectivity index (χ2n) is 4.65. The van der Waals surface area contributed by atoms with Crippen LogP contribution in [0.1, 0.15) is 35.9 Å². The number of nitrogens with zero attached hydrogens (tertiary/aromatic N) is 2. The Morgan fingerprint density at radius 1 is 1.50 bits per heavy atom. The van der Waals surface area contributed by atoms with Crippen LogP contribution in [-0.4, -0.2) is 36.6 Å². The van der Waals surface area contributed by atoms with Gasteiger partial charge in [0.05, 0.1) is 10.7 Å². The van der Waals surface area contributed by atoms with Gasteiger partial charge in [-0.15, -0.1) is 11.3 Å². The molecule has 3 nitrogen and oxygen atoms in total. The second kappa shape index (κ2) is 5.75. The maximum Gasteiger partial charge on any atom is 0.0960 e. The van der Waals surface area contributed by atoms with E-state index in [4.69, 9.17) is 10.7 Å². The molecule has 0 aromatic carbocycles. The third-order valence-electron chi connectivity index (χ3n) is 3.27. The van der Waals surface area contributed by atoms with Gasteiger partial charge in [-0.05, 0) is 52.4 Å². The molecule has 0 saturated carbocycles. The normalized spacial score (nSPS) is 19.1. The van der Waals surface area contributed by atoms with Gasteiger partial charge in [-0.2, -0.15) is 0 Å². The van der Waals surface area contributed by atoms with Gasteiger partial charge in [-0.1, -0.05) is 0 Å². The van der Waals surface area contributed by atoms with Crippen molar-refractivity contribution in [1.29, 1.82) is 0 Å². The molecule has 0 amide bonds. The summed E-state index contributed by atoms with van der Waals surface area (Å²) < 4.78 is 0. The summed E-state index contributed by atoms with van der Waals surface area (Å²) >= 11 is 1.84. The van der Waals surface area contributed by atoms with Gasteiger partial charge in [0.2, 0.25) is 0 Å². The maximum atomic E-state index is 5.51. The fraction of sp³-hybridized carbons (Fsp3) is 0.750. The first-order chi connectivity index (χ1) is 7.79. The van der Waals surface area contributed by atoms with Crippen LogP contribution in [0.25, 0.3) is 0 Å². The van der Waals surface area contributed by atoms with Crippen molar-refractivity contribution in [2.24, 2.45) is 5.73 Å². The highest BCUT2D eigenvalue weighted by atomic mass is 32.1. The molecule has 0 aliphatic carbocycles. The number of rotatable bonds is 4. The van der Waals surface area contributed by atoms with E-state index in [0.717, 1.165) is 19.4 Å². The summed E-state index contributed by atoms with van der Waals surface area (Å²) in [5, 5.41) is 3.56. The number of nitrogens with two attached hydrogens (primary N) is 1. The topological polar surface area (TPSA) is 42.2 Å². The Balaban J connectivity index is 1.91. The van der Waals surface area contributed by atoms with E-state index in [9.17, 15) is 0 Å². The van der Waals surface area contributed by atoms with Gasteiger partial charge in [0.15, 0.2) is 0 Å². The van der Waals surface area contributed by atoms with Crippen LogP contribution >= 0.6 is 11.3 Å². The van der Waals surface area contributed by atoms with Gasteiger partial charge in [0, 0.05) is 11.3 Å². The second-order valence-corrected chi connectivity index (χ2v) is 5.54. The first-order valence-electron chi connectivity index (χ1n) is 6.12. The fourth-order valence-electron chi connectivity index (χ4n) is 2.16. The Kier molecular flexibility index (Phi) is 4.32. The van der Waals surface area contributed by atoms with Crippen LogP contribution in [0.4, 0.5) is 0 Å². The van der Waals surface area contributed by atoms with E-state index in [2.05, 4.69) is 17.3 Å². The van der Waals surface area contributed by atoms with Gasteiger partial charge in [0.1, 0.15) is 0 Å². The van der Waals surface area contributed by atoms with Crippen LogP contribution in [0.15, 0.2) is 5.38 Å². The smallest absolute Gasteiger partial charge is 0.0960 e. The van der Waals surface area contributed by atoms with Gasteiger partial charge < -0.3 is 10.6 Å². The van der Waals surface area contributed by atoms with Crippen molar-refractivity contribution in [2.45, 2.75) is 31.6 Å². The lowest BCUT2D eigenvalue weighted by Gasteiger charge is -2.27. The summed E-state index contributed by atoms with van der Waals surface area (Å²) in [5.74, 6) is 0.702. The van der Waals surface area contributed by atoms with Crippen molar-refractivity contribution < 1.29 is 0 Å². The van der Waals surface area contributed by atoms with Crippen molar-refractivity contribution in [1.82, 2.24) is 9.88 Å². The highest BCUT2D eigenvalue weighted by molar-refractivity contribution is 7.09. The van der Waals surface area contributed by atoms with Crippen LogP contribution in [0, 0.1) is 0 Å². The zero-order valence-electron chi connectivity index (χ0n) is 9.98. The van der Waals surface area contributed by atoms with E-state index in [-0.39, 0.29) is 0 Å². The molecule has 1 fully saturated rings. The minimum Gasteiger partial charge on any atom is -0.330 e. The van der Waals surface area contributed by atoms with E-state index >= 15 is 0 Å². The number of piperidine rings is 1. The molecule has 1 aromatic heterocycles. The van der Waals surface area contributed by atoms with E-state index < -0.39 is 0 Å². The molecule has 0 bridgehead atoms. The minimum absolute atomic E-state index is 0.702. The van der Waals surface area contributed by atoms with Crippen LogP contribution in [0.2, 0.25) is 0 Å². The Morgan fingerprint density at radius 3 is 2.94 bits per heavy atom. The van der Waals surface area contributed by atoms with Crippen molar-refractivity contribution >= 4 is 11.3 Å². The summed E-state index contributed by atoms with van der Waals surface area (Å²) in [7, 11) is 2.20. The third kappa shape index (κ3) is 3.03. The number of hydrogen-bond donors (Lipinski definition) is 1. The largest absolute Gasteiger partial charge is 0.330 e. The number of hydrogen-bond acceptors (Lipinski definition) is 4. The number of aromatic nitrogens is 1. The molecule has 16 heavy (non-hydrogen) atoms. The molecule has 2 heterocycles. The lowest BCUT2D eigenvalue weighted by Crippen LogP contribution is -2.29. The Hall–Kier alpha value is -0.450. The zero-order chi connectivity index (χ0) is 11.4. The monoisotopic (exact) mass is 239 g/mol. The van der Waals surface area contributed by atoms with Crippen molar-refractivity contribution in [3.63, 3.8) is 0 Å². The van der Waals surface area contributed by atoms with Crippen molar-refractivity contribution in [3.05, 3.63) is 16.1 Å². The summed E-state index contributed by atoms with van der Waals surface area (Å²) in [6.45, 7) is 3.19. The molecule has 90 valence electrons. The Bertz CT molecular complexity index is 316. The van der Waals surface area contributed by atoms with Crippen LogP contribution in [0.5, 0.6) is 0 Å². The van der Waals surface area contributed by atoms with Gasteiger partial charge in [-0.3, -0.25) is 0 Å². The lowest BCUT2D eigenvalue weighted by atomic mass is 9.98. The number of likely N-dealkylation sites (tertiary alicyclic amines) is 1. The maximum absolute atomic E-state index is 5.51. The van der Waals surface area contributed by atoms with E-state index in [1.54, 1.807) is 0 Å². The van der Waals surface area contributed by atoms with Crippen molar-refractivity contribution in [3.8, 4) is 0 Å². The molecule has 2 rings (SSSR count). The Labute approximate surface area is 102 Å². The quantitative estimate of drug-likeness (QED) is 0.872. The third-order valence-corrected chi connectivity index (χ3v) is 4.33. The van der Waals surface area contributed by atoms with Gasteiger partial charge >= 0.3 is 0 Å². The van der Waals surface area contributed by atoms with E-state index in [0.29, 0.717) is 5.92 Å². The molecule has 0 unspecified atom stereocenters. The molecule has 2 N–H and O–H groups in total. The summed E-state index contributed by atoms with van der Waals surface area (Å²) in [5.41, 5.74) is 6.75. The van der Waals surface area contributed by atoms with E-state index in [1.807, 2.05) is 11.3 Å². The van der Waals surface area contributed by atoms with E-state index in [1.165, 1.54) is 36.6 Å². The lowest BCUT2D eigenvalue weighted by molar-refractivity contribution is 0.255. The molecule has 1 aromatic rings. The zero-order valence-corrected chi connectivity index (χ0v) is 10.8. The van der Waals surface area contributed by atoms with Gasteiger partial charge in [-0.25, -0.2) is 4.98 Å². The highest BCUT2D eigenvalue weighted by Crippen LogP contribution is 2.29. The summed E-state index contributed by atoms with van der Waals surface area (Å²) in [6, 6.07) is 0. The first-order valence-corrected chi connectivity index (χ1v) is 7.00. The first kappa shape index (κ1) is 12.0. The van der Waals surface area contributed by atoms with Crippen LogP contribution < -0.4 is 5.73 Å². The molecule has 0 radical (unpaired) electrons. The average molecular weight is 239 g/mol. The van der Waals surface area contributed by atoms with Gasteiger partial charge in [0.25, 0.3) is 0 Å². The standard InChI is InChI=1S/C12H21N3S/c1-15-7-4-10(5-8-15)12-14-11(9-16-12)3-2-6-13/h9-10H,2-8,13H2,1H3. The molecular weight excluding hydrogens is 218 g/mol. The fourth-order valence-corrected chi connectivity index (χ4v) is 3.19. The molecule has 1 aliphatic heterocycles. The van der Waals surface area contributed by atoms with Crippen molar-refractivity contribution in [2.75, 3.05) is 26.7 Å². The number of thiazole rings is 1. The molecule has 1 aliphatic rings. The van der Waals surface area contributed by atoms with Crippen LogP contribution in [-0.2, 0) is 6.42 Å². The Morgan fingerprint density at radius 2 is 2.25 bits per heavy atom. The highest BCUT2D eigenvalue weighted by Gasteiger charge is 2.20. The average Bonchev–Trinajstić information content (AvgIpc) is 2.76. The molecule has 4 heteroatoms. The summed E-state index contributed by atoms with van der Waals surface area (Å²) in [6.07, 6.45) is 4.62.